The number of anilines is 1. The molecule has 0 aromatic heterocycles. The Morgan fingerprint density at radius 3 is 2.13 bits per heavy atom. The first-order chi connectivity index (χ1) is 18.5. The van der Waals surface area contributed by atoms with Crippen LogP contribution in [0.3, 0.4) is 0 Å². The lowest BCUT2D eigenvalue weighted by molar-refractivity contribution is -0.143. The monoisotopic (exact) mass is 569 g/mol. The first-order valence-corrected chi connectivity index (χ1v) is 14.7. The Balaban J connectivity index is 1.77. The predicted octanol–water partition coefficient (Wildman–Crippen LogP) is 5.01. The van der Waals surface area contributed by atoms with Crippen LogP contribution in [-0.2, 0) is 26.0 Å². The minimum atomic E-state index is -4.56. The smallest absolute Gasteiger partial charge is 0.265 e. The maximum atomic E-state index is 15.1. The van der Waals surface area contributed by atoms with Crippen molar-refractivity contribution >= 4 is 21.6 Å². The fourth-order valence-electron chi connectivity index (χ4n) is 4.84. The van der Waals surface area contributed by atoms with E-state index in [9.17, 15) is 17.6 Å². The second-order valence-electron chi connectivity index (χ2n) is 10.4. The predicted molar refractivity (Wildman–Crippen MR) is 144 cm³/mol. The van der Waals surface area contributed by atoms with E-state index >= 15 is 8.78 Å². The van der Waals surface area contributed by atoms with Gasteiger partial charge < -0.3 is 15.0 Å². The van der Waals surface area contributed by atoms with Crippen LogP contribution in [0.25, 0.3) is 0 Å². The van der Waals surface area contributed by atoms with Crippen molar-refractivity contribution < 1.29 is 31.1 Å². The Hall–Kier alpha value is -2.63. The summed E-state index contributed by atoms with van der Waals surface area (Å²) in [5.74, 6) is -3.35. The van der Waals surface area contributed by atoms with Gasteiger partial charge >= 0.3 is 0 Å². The summed E-state index contributed by atoms with van der Waals surface area (Å²) < 4.78 is 76.9. The number of hydrogen-bond donors (Lipinski definition) is 2. The molecule has 0 spiro atoms. The second-order valence-corrected chi connectivity index (χ2v) is 12.1. The Bertz CT molecular complexity index is 1190. The molecular weight excluding hydrogens is 531 g/mol. The summed E-state index contributed by atoms with van der Waals surface area (Å²) in [7, 11) is 0.574. The van der Waals surface area contributed by atoms with Crippen LogP contribution in [0.15, 0.2) is 41.3 Å². The van der Waals surface area contributed by atoms with Gasteiger partial charge in [-0.1, -0.05) is 37.8 Å². The van der Waals surface area contributed by atoms with E-state index in [1.807, 2.05) is 23.7 Å². The molecule has 1 amide bonds. The van der Waals surface area contributed by atoms with Crippen LogP contribution >= 0.6 is 0 Å². The summed E-state index contributed by atoms with van der Waals surface area (Å²) in [6, 6.07) is 7.11. The number of aryl methyl sites for hydroxylation is 1. The number of methoxy groups -OCH3 is 1. The molecule has 0 aliphatic heterocycles. The summed E-state index contributed by atoms with van der Waals surface area (Å²) in [5.41, 5.74) is -0.860. The van der Waals surface area contributed by atoms with Gasteiger partial charge in [0.25, 0.3) is 15.9 Å². The van der Waals surface area contributed by atoms with E-state index in [-0.39, 0.29) is 11.9 Å². The topological polar surface area (TPSA) is 87.7 Å². The number of hydrogen-bond acceptors (Lipinski definition) is 6. The van der Waals surface area contributed by atoms with Crippen molar-refractivity contribution in [1.29, 1.82) is 0 Å². The molecule has 1 aliphatic rings. The third-order valence-corrected chi connectivity index (χ3v) is 8.55. The number of sulfonamides is 1. The number of ether oxygens (including phenoxy) is 1. The Morgan fingerprint density at radius 2 is 1.59 bits per heavy atom. The number of halogens is 3. The largest absolute Gasteiger partial charge is 0.378 e. The molecule has 11 heteroatoms. The van der Waals surface area contributed by atoms with Crippen LogP contribution in [0, 0.1) is 17.5 Å². The Labute approximate surface area is 229 Å². The molecule has 1 aliphatic carbocycles. The van der Waals surface area contributed by atoms with Crippen LogP contribution in [-0.4, -0.2) is 58.6 Å². The lowest BCUT2D eigenvalue weighted by Crippen LogP contribution is -2.49. The van der Waals surface area contributed by atoms with Crippen LogP contribution in [0.4, 0.5) is 18.9 Å². The zero-order valence-corrected chi connectivity index (χ0v) is 23.6. The molecule has 0 heterocycles. The molecule has 1 fully saturated rings. The summed E-state index contributed by atoms with van der Waals surface area (Å²) in [5, 5.41) is 2.89. The third kappa shape index (κ3) is 8.43. The molecule has 0 unspecified atom stereocenters. The normalized spacial score (nSPS) is 16.5. The highest BCUT2D eigenvalue weighted by atomic mass is 32.2. The molecule has 216 valence electrons. The maximum Gasteiger partial charge on any atom is 0.265 e. The van der Waals surface area contributed by atoms with Crippen LogP contribution in [0.1, 0.15) is 56.9 Å². The van der Waals surface area contributed by atoms with Gasteiger partial charge in [0.15, 0.2) is 11.6 Å². The van der Waals surface area contributed by atoms with Crippen LogP contribution in [0.5, 0.6) is 0 Å². The van der Waals surface area contributed by atoms with Crippen molar-refractivity contribution in [1.82, 2.24) is 9.62 Å². The highest BCUT2D eigenvalue weighted by Gasteiger charge is 2.41. The fourth-order valence-corrected chi connectivity index (χ4v) is 5.90. The maximum absolute atomic E-state index is 15.1. The lowest BCUT2D eigenvalue weighted by atomic mass is 9.93. The molecule has 7 nitrogen and oxygen atoms in total. The number of benzene rings is 2. The third-order valence-electron chi connectivity index (χ3n) is 7.24. The molecule has 0 saturated heterocycles. The minimum Gasteiger partial charge on any atom is -0.378 e. The molecule has 1 atom stereocenters. The van der Waals surface area contributed by atoms with Crippen molar-refractivity contribution in [3.63, 3.8) is 0 Å². The number of carbonyl (C=O) groups excluding carboxylic acids is 1. The number of nitrogens with zero attached hydrogens (tertiary/aromatic N) is 1. The quantitative estimate of drug-likeness (QED) is 0.350. The van der Waals surface area contributed by atoms with Gasteiger partial charge in [0.05, 0.1) is 4.90 Å². The SMILES string of the molecule is COC1(C(=O)NS(=O)(=O)c2cc(F)c(N[C@@H](CCc3ccc(F)cc3)CCN(C)C)c(F)c2)CCCCCC1. The number of rotatable bonds is 12. The minimum absolute atomic E-state index is 0.344. The van der Waals surface area contributed by atoms with Gasteiger partial charge in [-0.05, 0) is 82.6 Å². The molecule has 2 aromatic carbocycles. The number of nitrogens with one attached hydrogen (secondary N) is 2. The average Bonchev–Trinajstić information content (AvgIpc) is 3.14. The van der Waals surface area contributed by atoms with Gasteiger partial charge in [0.1, 0.15) is 17.1 Å². The molecule has 1 saturated carbocycles. The molecule has 2 aromatic rings. The Morgan fingerprint density at radius 1 is 1.00 bits per heavy atom. The summed E-state index contributed by atoms with van der Waals surface area (Å²) in [6.45, 7) is 0.643. The molecule has 3 rings (SSSR count). The van der Waals surface area contributed by atoms with Gasteiger partial charge in [-0.2, -0.15) is 0 Å². The lowest BCUT2D eigenvalue weighted by Gasteiger charge is -2.29. The standard InChI is InChI=1S/C28H38F3N3O4S/c1-34(2)17-14-22(13-10-20-8-11-21(29)12-9-20)32-26-24(30)18-23(19-25(26)31)39(36,37)33-27(35)28(38-3)15-6-4-5-7-16-28/h8-9,11-12,18-19,22,32H,4-7,10,13-17H2,1-3H3,(H,33,35)/t22-/m0/s1. The van der Waals surface area contributed by atoms with E-state index in [0.717, 1.165) is 18.4 Å². The number of carbonyl (C=O) groups is 1. The van der Waals surface area contributed by atoms with Crippen molar-refractivity contribution in [2.75, 3.05) is 33.1 Å². The number of amides is 1. The Kier molecular flexibility index (Phi) is 10.8. The van der Waals surface area contributed by atoms with E-state index in [2.05, 4.69) is 5.32 Å². The van der Waals surface area contributed by atoms with Gasteiger partial charge in [-0.25, -0.2) is 26.3 Å². The zero-order chi connectivity index (χ0) is 28.6. The molecule has 39 heavy (non-hydrogen) atoms. The molecule has 2 N–H and O–H groups in total. The van der Waals surface area contributed by atoms with E-state index in [0.29, 0.717) is 63.6 Å². The van der Waals surface area contributed by atoms with Gasteiger partial charge in [-0.3, -0.25) is 4.79 Å². The van der Waals surface area contributed by atoms with Crippen LogP contribution < -0.4 is 10.0 Å². The summed E-state index contributed by atoms with van der Waals surface area (Å²) in [4.78, 5) is 14.2. The molecule has 0 radical (unpaired) electrons. The van der Waals surface area contributed by atoms with Crippen molar-refractivity contribution in [3.8, 4) is 0 Å². The first kappa shape index (κ1) is 30.9. The highest BCUT2D eigenvalue weighted by molar-refractivity contribution is 7.90. The van der Waals surface area contributed by atoms with Crippen molar-refractivity contribution in [2.24, 2.45) is 0 Å². The average molecular weight is 570 g/mol. The second kappa shape index (κ2) is 13.6. The molecular formula is C28H38F3N3O4S. The van der Waals surface area contributed by atoms with E-state index in [1.165, 1.54) is 19.2 Å². The van der Waals surface area contributed by atoms with E-state index < -0.39 is 43.7 Å². The van der Waals surface area contributed by atoms with E-state index in [1.54, 1.807) is 12.1 Å². The van der Waals surface area contributed by atoms with Crippen molar-refractivity contribution in [3.05, 3.63) is 59.4 Å². The fraction of sp³-hybridized carbons (Fsp3) is 0.536. The van der Waals surface area contributed by atoms with Gasteiger partial charge in [0.2, 0.25) is 0 Å². The highest BCUT2D eigenvalue weighted by Crippen LogP contribution is 2.31. The van der Waals surface area contributed by atoms with Gasteiger partial charge in [-0.15, -0.1) is 0 Å². The first-order valence-electron chi connectivity index (χ1n) is 13.2. The summed E-state index contributed by atoms with van der Waals surface area (Å²) >= 11 is 0. The molecule has 0 bridgehead atoms. The van der Waals surface area contributed by atoms with Crippen molar-refractivity contribution in [2.45, 2.75) is 74.3 Å². The van der Waals surface area contributed by atoms with Crippen LogP contribution in [0.2, 0.25) is 0 Å². The zero-order valence-electron chi connectivity index (χ0n) is 22.7. The van der Waals surface area contributed by atoms with E-state index in [4.69, 9.17) is 4.74 Å². The summed E-state index contributed by atoms with van der Waals surface area (Å²) in [6.07, 6.45) is 5.59. The van der Waals surface area contributed by atoms with Gasteiger partial charge in [0, 0.05) is 13.2 Å².